The van der Waals surface area contributed by atoms with Gasteiger partial charge in [-0.2, -0.15) is 0 Å². The Balaban J connectivity index is 1.75. The minimum Gasteiger partial charge on any atom is -0.383 e. The lowest BCUT2D eigenvalue weighted by Crippen LogP contribution is -2.32. The Morgan fingerprint density at radius 2 is 2.28 bits per heavy atom. The molecule has 0 spiro atoms. The number of benzene rings is 1. The Morgan fingerprint density at radius 3 is 3.11 bits per heavy atom. The second-order valence-electron chi connectivity index (χ2n) is 5.10. The molecule has 0 radical (unpaired) electrons. The van der Waals surface area contributed by atoms with E-state index < -0.39 is 0 Å². The van der Waals surface area contributed by atoms with Crippen molar-refractivity contribution >= 4 is 10.9 Å². The normalized spacial score (nSPS) is 20.8. The van der Waals surface area contributed by atoms with E-state index in [1.54, 1.807) is 7.11 Å². The van der Waals surface area contributed by atoms with Gasteiger partial charge in [-0.05, 0) is 36.9 Å². The van der Waals surface area contributed by atoms with Crippen molar-refractivity contribution in [3.63, 3.8) is 0 Å². The van der Waals surface area contributed by atoms with Crippen LogP contribution in [0.2, 0.25) is 0 Å². The number of likely N-dealkylation sites (tertiary alicyclic amines) is 1. The highest BCUT2D eigenvalue weighted by molar-refractivity contribution is 5.80. The first-order valence-electron chi connectivity index (χ1n) is 6.66. The molecule has 0 saturated carbocycles. The first-order chi connectivity index (χ1) is 8.86. The van der Waals surface area contributed by atoms with Crippen LogP contribution in [0.25, 0.3) is 10.9 Å². The van der Waals surface area contributed by atoms with E-state index in [1.165, 1.54) is 36.0 Å². The van der Waals surface area contributed by atoms with Crippen LogP contribution in [0.1, 0.15) is 18.5 Å². The van der Waals surface area contributed by atoms with E-state index in [4.69, 9.17) is 4.74 Å². The minimum atomic E-state index is 0.585. The number of fused-ring (bicyclic) bond motifs is 1. The van der Waals surface area contributed by atoms with Gasteiger partial charge < -0.3 is 9.72 Å². The quantitative estimate of drug-likeness (QED) is 0.895. The Labute approximate surface area is 108 Å². The van der Waals surface area contributed by atoms with Gasteiger partial charge in [0.2, 0.25) is 0 Å². The largest absolute Gasteiger partial charge is 0.383 e. The van der Waals surface area contributed by atoms with Crippen molar-refractivity contribution in [2.75, 3.05) is 20.3 Å². The number of aromatic amines is 1. The van der Waals surface area contributed by atoms with Gasteiger partial charge in [0, 0.05) is 30.9 Å². The Kier molecular flexibility index (Phi) is 3.35. The number of ether oxygens (including phenoxy) is 1. The van der Waals surface area contributed by atoms with E-state index >= 15 is 0 Å². The SMILES string of the molecule is COC[C@@H]1CCCN1Cc1cc2ccccc2[nH]1. The fourth-order valence-corrected chi connectivity index (χ4v) is 2.92. The maximum absolute atomic E-state index is 5.30. The molecule has 1 fully saturated rings. The second-order valence-corrected chi connectivity index (χ2v) is 5.10. The van der Waals surface area contributed by atoms with Gasteiger partial charge in [-0.15, -0.1) is 0 Å². The highest BCUT2D eigenvalue weighted by Gasteiger charge is 2.24. The van der Waals surface area contributed by atoms with Gasteiger partial charge in [0.05, 0.1) is 6.61 Å². The Hall–Kier alpha value is -1.32. The van der Waals surface area contributed by atoms with E-state index in [0.717, 1.165) is 13.2 Å². The average Bonchev–Trinajstić information content (AvgIpc) is 2.97. The molecular weight excluding hydrogens is 224 g/mol. The van der Waals surface area contributed by atoms with Crippen molar-refractivity contribution in [1.29, 1.82) is 0 Å². The second kappa shape index (κ2) is 5.12. The molecule has 3 nitrogen and oxygen atoms in total. The molecule has 1 aliphatic rings. The molecule has 96 valence electrons. The van der Waals surface area contributed by atoms with Crippen molar-refractivity contribution in [3.05, 3.63) is 36.0 Å². The highest BCUT2D eigenvalue weighted by atomic mass is 16.5. The summed E-state index contributed by atoms with van der Waals surface area (Å²) in [5, 5.41) is 1.30. The van der Waals surface area contributed by atoms with E-state index in [9.17, 15) is 0 Å². The van der Waals surface area contributed by atoms with Crippen LogP contribution in [-0.4, -0.2) is 36.2 Å². The Morgan fingerprint density at radius 1 is 1.39 bits per heavy atom. The molecule has 0 aliphatic carbocycles. The summed E-state index contributed by atoms with van der Waals surface area (Å²) in [6, 6.07) is 11.3. The maximum Gasteiger partial charge on any atom is 0.0618 e. The maximum atomic E-state index is 5.30. The van der Waals surface area contributed by atoms with Crippen LogP contribution < -0.4 is 0 Å². The minimum absolute atomic E-state index is 0.585. The molecule has 2 aromatic rings. The van der Waals surface area contributed by atoms with Crippen molar-refractivity contribution in [1.82, 2.24) is 9.88 Å². The van der Waals surface area contributed by atoms with Gasteiger partial charge in [-0.25, -0.2) is 0 Å². The standard InChI is InChI=1S/C15H20N2O/c1-18-11-14-6-4-8-17(14)10-13-9-12-5-2-3-7-15(12)16-13/h2-3,5,7,9,14,16H,4,6,8,10-11H2,1H3/t14-/m0/s1. The third kappa shape index (κ3) is 2.28. The summed E-state index contributed by atoms with van der Waals surface area (Å²) in [6.45, 7) is 3.03. The number of hydrogen-bond acceptors (Lipinski definition) is 2. The number of aromatic nitrogens is 1. The molecule has 1 N–H and O–H groups in total. The van der Waals surface area contributed by atoms with Crippen LogP contribution in [0.3, 0.4) is 0 Å². The molecule has 0 unspecified atom stereocenters. The topological polar surface area (TPSA) is 28.3 Å². The zero-order valence-electron chi connectivity index (χ0n) is 10.9. The third-order valence-electron chi connectivity index (χ3n) is 3.82. The lowest BCUT2D eigenvalue weighted by Gasteiger charge is -2.23. The lowest BCUT2D eigenvalue weighted by atomic mass is 10.2. The summed E-state index contributed by atoms with van der Waals surface area (Å²) in [6.07, 6.45) is 2.54. The number of hydrogen-bond donors (Lipinski definition) is 1. The fraction of sp³-hybridized carbons (Fsp3) is 0.467. The van der Waals surface area contributed by atoms with Crippen LogP contribution in [0.5, 0.6) is 0 Å². The molecule has 1 aliphatic heterocycles. The third-order valence-corrected chi connectivity index (χ3v) is 3.82. The predicted molar refractivity (Wildman–Crippen MR) is 73.6 cm³/mol. The molecule has 1 atom stereocenters. The summed E-state index contributed by atoms with van der Waals surface area (Å²) in [5.41, 5.74) is 2.54. The number of methoxy groups -OCH3 is 1. The smallest absolute Gasteiger partial charge is 0.0618 e. The van der Waals surface area contributed by atoms with Crippen molar-refractivity contribution < 1.29 is 4.74 Å². The van der Waals surface area contributed by atoms with Gasteiger partial charge in [0.1, 0.15) is 0 Å². The molecular formula is C15H20N2O. The van der Waals surface area contributed by atoms with Crippen LogP contribution in [0, 0.1) is 0 Å². The molecule has 1 aromatic carbocycles. The summed E-state index contributed by atoms with van der Waals surface area (Å²) < 4.78 is 5.30. The number of para-hydroxylation sites is 1. The summed E-state index contributed by atoms with van der Waals surface area (Å²) >= 11 is 0. The molecule has 0 bridgehead atoms. The predicted octanol–water partition coefficient (Wildman–Crippen LogP) is 2.78. The summed E-state index contributed by atoms with van der Waals surface area (Å²) in [5.74, 6) is 0. The van der Waals surface area contributed by atoms with Crippen molar-refractivity contribution in [3.8, 4) is 0 Å². The zero-order valence-corrected chi connectivity index (χ0v) is 10.9. The van der Waals surface area contributed by atoms with Crippen LogP contribution >= 0.6 is 0 Å². The van der Waals surface area contributed by atoms with Gasteiger partial charge >= 0.3 is 0 Å². The van der Waals surface area contributed by atoms with Crippen LogP contribution in [-0.2, 0) is 11.3 Å². The fourth-order valence-electron chi connectivity index (χ4n) is 2.92. The van der Waals surface area contributed by atoms with E-state index in [-0.39, 0.29) is 0 Å². The number of nitrogens with zero attached hydrogens (tertiary/aromatic N) is 1. The van der Waals surface area contributed by atoms with Crippen molar-refractivity contribution in [2.24, 2.45) is 0 Å². The molecule has 18 heavy (non-hydrogen) atoms. The molecule has 1 aromatic heterocycles. The van der Waals surface area contributed by atoms with Crippen molar-refractivity contribution in [2.45, 2.75) is 25.4 Å². The molecule has 0 amide bonds. The van der Waals surface area contributed by atoms with Crippen LogP contribution in [0.15, 0.2) is 30.3 Å². The Bertz CT molecular complexity index is 487. The highest BCUT2D eigenvalue weighted by Crippen LogP contribution is 2.22. The zero-order chi connectivity index (χ0) is 12.4. The lowest BCUT2D eigenvalue weighted by molar-refractivity contribution is 0.111. The van der Waals surface area contributed by atoms with Gasteiger partial charge in [-0.1, -0.05) is 18.2 Å². The van der Waals surface area contributed by atoms with Gasteiger partial charge in [0.15, 0.2) is 0 Å². The summed E-state index contributed by atoms with van der Waals surface area (Å²) in [4.78, 5) is 6.02. The molecule has 3 heteroatoms. The first kappa shape index (κ1) is 11.8. The van der Waals surface area contributed by atoms with E-state index in [0.29, 0.717) is 6.04 Å². The summed E-state index contributed by atoms with van der Waals surface area (Å²) in [7, 11) is 1.79. The number of H-pyrrole nitrogens is 1. The molecule has 1 saturated heterocycles. The van der Waals surface area contributed by atoms with Gasteiger partial charge in [0.25, 0.3) is 0 Å². The van der Waals surface area contributed by atoms with Crippen LogP contribution in [0.4, 0.5) is 0 Å². The van der Waals surface area contributed by atoms with E-state index in [1.807, 2.05) is 0 Å². The average molecular weight is 244 g/mol. The molecule has 2 heterocycles. The number of nitrogens with one attached hydrogen (secondary N) is 1. The van der Waals surface area contributed by atoms with Gasteiger partial charge in [-0.3, -0.25) is 4.90 Å². The first-order valence-corrected chi connectivity index (χ1v) is 6.66. The van der Waals surface area contributed by atoms with E-state index in [2.05, 4.69) is 40.2 Å². The monoisotopic (exact) mass is 244 g/mol. The molecule has 3 rings (SSSR count). The number of rotatable bonds is 4.